The Morgan fingerprint density at radius 2 is 1.93 bits per heavy atom. The van der Waals surface area contributed by atoms with Crippen LogP contribution in [0, 0.1) is 0 Å². The van der Waals surface area contributed by atoms with Crippen molar-refractivity contribution in [3.63, 3.8) is 0 Å². The van der Waals surface area contributed by atoms with Gasteiger partial charge in [0.05, 0.1) is 12.3 Å². The highest BCUT2D eigenvalue weighted by Gasteiger charge is 2.00. The van der Waals surface area contributed by atoms with Gasteiger partial charge in [0.25, 0.3) is 0 Å². The minimum absolute atomic E-state index is 0.783. The van der Waals surface area contributed by atoms with E-state index in [1.54, 1.807) is 0 Å². The fourth-order valence-electron chi connectivity index (χ4n) is 1.21. The molecule has 0 fully saturated rings. The molecule has 0 atom stereocenters. The molecule has 0 aromatic heterocycles. The van der Waals surface area contributed by atoms with Gasteiger partial charge in [-0.3, -0.25) is 0 Å². The highest BCUT2D eigenvalue weighted by atomic mass is 16.5. The molecule has 1 N–H and O–H groups in total. The Kier molecular flexibility index (Phi) is 4.90. The lowest BCUT2D eigenvalue weighted by molar-refractivity contribution is 0.319. The Morgan fingerprint density at radius 1 is 1.14 bits per heavy atom. The van der Waals surface area contributed by atoms with Gasteiger partial charge in [-0.15, -0.1) is 0 Å². The topological polar surface area (TPSA) is 21.3 Å². The van der Waals surface area contributed by atoms with Crippen LogP contribution in [0.3, 0.4) is 0 Å². The number of rotatable bonds is 6. The van der Waals surface area contributed by atoms with Gasteiger partial charge < -0.3 is 10.1 Å². The maximum atomic E-state index is 5.62. The second-order valence-electron chi connectivity index (χ2n) is 3.27. The van der Waals surface area contributed by atoms with Gasteiger partial charge in [0.15, 0.2) is 0 Å². The number of para-hydroxylation sites is 2. The maximum Gasteiger partial charge on any atom is 0.142 e. The fourth-order valence-corrected chi connectivity index (χ4v) is 1.21. The molecule has 1 rings (SSSR count). The van der Waals surface area contributed by atoms with Crippen molar-refractivity contribution < 1.29 is 4.74 Å². The number of hydrogen-bond donors (Lipinski definition) is 1. The van der Waals surface area contributed by atoms with E-state index in [0.29, 0.717) is 0 Å². The van der Waals surface area contributed by atoms with Crippen molar-refractivity contribution >= 4 is 5.69 Å². The van der Waals surface area contributed by atoms with Crippen molar-refractivity contribution in [2.75, 3.05) is 18.5 Å². The predicted molar refractivity (Wildman–Crippen MR) is 61.0 cm³/mol. The molecule has 2 nitrogen and oxygen atoms in total. The molecule has 0 spiro atoms. The molecular formula is C12H19NO. The highest BCUT2D eigenvalue weighted by molar-refractivity contribution is 5.56. The van der Waals surface area contributed by atoms with Crippen molar-refractivity contribution in [1.29, 1.82) is 0 Å². The average molecular weight is 193 g/mol. The average Bonchev–Trinajstić information content (AvgIpc) is 2.24. The van der Waals surface area contributed by atoms with Gasteiger partial charge in [-0.2, -0.15) is 0 Å². The molecule has 0 aliphatic rings. The zero-order chi connectivity index (χ0) is 10.2. The van der Waals surface area contributed by atoms with E-state index in [9.17, 15) is 0 Å². The number of anilines is 1. The number of ether oxygens (including phenoxy) is 1. The standard InChI is InChI=1S/C12H19NO/c1-3-9-13-11-7-5-6-8-12(11)14-10-4-2/h5-8,13H,3-4,9-10H2,1-2H3. The third-order valence-electron chi connectivity index (χ3n) is 1.91. The quantitative estimate of drug-likeness (QED) is 0.748. The first-order valence-electron chi connectivity index (χ1n) is 5.34. The molecule has 78 valence electrons. The molecule has 2 heteroatoms. The largest absolute Gasteiger partial charge is 0.491 e. The molecule has 0 unspecified atom stereocenters. The highest BCUT2D eigenvalue weighted by Crippen LogP contribution is 2.23. The Hall–Kier alpha value is -1.18. The van der Waals surface area contributed by atoms with E-state index in [4.69, 9.17) is 4.74 Å². The van der Waals surface area contributed by atoms with Crippen LogP contribution in [0.1, 0.15) is 26.7 Å². The van der Waals surface area contributed by atoms with E-state index in [1.807, 2.05) is 18.2 Å². The summed E-state index contributed by atoms with van der Waals surface area (Å²) in [6, 6.07) is 8.09. The van der Waals surface area contributed by atoms with Gasteiger partial charge in [0.2, 0.25) is 0 Å². The van der Waals surface area contributed by atoms with Gasteiger partial charge in [0.1, 0.15) is 5.75 Å². The van der Waals surface area contributed by atoms with E-state index in [-0.39, 0.29) is 0 Å². The van der Waals surface area contributed by atoms with Crippen molar-refractivity contribution in [3.05, 3.63) is 24.3 Å². The lowest BCUT2D eigenvalue weighted by Crippen LogP contribution is -2.03. The third kappa shape index (κ3) is 3.29. The molecule has 0 amide bonds. The van der Waals surface area contributed by atoms with E-state index in [1.165, 1.54) is 0 Å². The lowest BCUT2D eigenvalue weighted by Gasteiger charge is -2.11. The van der Waals surface area contributed by atoms with Crippen molar-refractivity contribution in [3.8, 4) is 5.75 Å². The second kappa shape index (κ2) is 6.30. The molecular weight excluding hydrogens is 174 g/mol. The van der Waals surface area contributed by atoms with Crippen LogP contribution in [0.15, 0.2) is 24.3 Å². The molecule has 0 saturated heterocycles. The lowest BCUT2D eigenvalue weighted by atomic mass is 10.3. The molecule has 0 heterocycles. The molecule has 1 aromatic rings. The fraction of sp³-hybridized carbons (Fsp3) is 0.500. The molecule has 0 aliphatic heterocycles. The summed E-state index contributed by atoms with van der Waals surface area (Å²) in [5.41, 5.74) is 1.10. The number of nitrogens with one attached hydrogen (secondary N) is 1. The molecule has 0 aliphatic carbocycles. The van der Waals surface area contributed by atoms with Crippen LogP contribution in [0.5, 0.6) is 5.75 Å². The van der Waals surface area contributed by atoms with Crippen LogP contribution in [0.2, 0.25) is 0 Å². The minimum Gasteiger partial charge on any atom is -0.491 e. The Bertz CT molecular complexity index is 233. The summed E-state index contributed by atoms with van der Waals surface area (Å²) in [6.45, 7) is 6.04. The molecule has 0 bridgehead atoms. The van der Waals surface area contributed by atoms with E-state index in [2.05, 4.69) is 25.2 Å². The van der Waals surface area contributed by atoms with Gasteiger partial charge in [0, 0.05) is 6.54 Å². The summed E-state index contributed by atoms with van der Waals surface area (Å²) < 4.78 is 5.62. The van der Waals surface area contributed by atoms with Crippen molar-refractivity contribution in [2.24, 2.45) is 0 Å². The van der Waals surface area contributed by atoms with Crippen LogP contribution in [-0.4, -0.2) is 13.2 Å². The van der Waals surface area contributed by atoms with Gasteiger partial charge in [-0.1, -0.05) is 26.0 Å². The first-order valence-corrected chi connectivity index (χ1v) is 5.34. The van der Waals surface area contributed by atoms with Gasteiger partial charge in [-0.05, 0) is 25.0 Å². The Morgan fingerprint density at radius 3 is 2.64 bits per heavy atom. The van der Waals surface area contributed by atoms with Crippen molar-refractivity contribution in [1.82, 2.24) is 0 Å². The van der Waals surface area contributed by atoms with Crippen LogP contribution in [0.4, 0.5) is 5.69 Å². The zero-order valence-corrected chi connectivity index (χ0v) is 9.05. The SMILES string of the molecule is CCCNc1ccccc1OCCC. The van der Waals surface area contributed by atoms with Gasteiger partial charge >= 0.3 is 0 Å². The first kappa shape index (κ1) is 10.9. The van der Waals surface area contributed by atoms with E-state index >= 15 is 0 Å². The number of hydrogen-bond acceptors (Lipinski definition) is 2. The van der Waals surface area contributed by atoms with Gasteiger partial charge in [-0.25, -0.2) is 0 Å². The first-order chi connectivity index (χ1) is 6.88. The summed E-state index contributed by atoms with van der Waals surface area (Å²) in [5, 5.41) is 3.35. The third-order valence-corrected chi connectivity index (χ3v) is 1.91. The molecule has 14 heavy (non-hydrogen) atoms. The summed E-state index contributed by atoms with van der Waals surface area (Å²) in [7, 11) is 0. The van der Waals surface area contributed by atoms with E-state index < -0.39 is 0 Å². The minimum atomic E-state index is 0.783. The summed E-state index contributed by atoms with van der Waals surface area (Å²) in [4.78, 5) is 0. The Balaban J connectivity index is 2.60. The zero-order valence-electron chi connectivity index (χ0n) is 9.05. The smallest absolute Gasteiger partial charge is 0.142 e. The van der Waals surface area contributed by atoms with E-state index in [0.717, 1.165) is 37.4 Å². The molecule has 1 aromatic carbocycles. The molecule has 0 saturated carbocycles. The van der Waals surface area contributed by atoms with Crippen LogP contribution in [-0.2, 0) is 0 Å². The summed E-state index contributed by atoms with van der Waals surface area (Å²) in [5.74, 6) is 0.961. The van der Waals surface area contributed by atoms with Crippen LogP contribution >= 0.6 is 0 Å². The van der Waals surface area contributed by atoms with Crippen LogP contribution in [0.25, 0.3) is 0 Å². The summed E-state index contributed by atoms with van der Waals surface area (Å²) >= 11 is 0. The maximum absolute atomic E-state index is 5.62. The predicted octanol–water partition coefficient (Wildman–Crippen LogP) is 3.30. The Labute approximate surface area is 86.3 Å². The van der Waals surface area contributed by atoms with Crippen molar-refractivity contribution in [2.45, 2.75) is 26.7 Å². The normalized spacial score (nSPS) is 9.86. The van der Waals surface area contributed by atoms with Crippen LogP contribution < -0.4 is 10.1 Å². The number of benzene rings is 1. The monoisotopic (exact) mass is 193 g/mol. The summed E-state index contributed by atoms with van der Waals surface area (Å²) in [6.07, 6.45) is 2.17. The second-order valence-corrected chi connectivity index (χ2v) is 3.27. The molecule has 0 radical (unpaired) electrons.